The van der Waals surface area contributed by atoms with E-state index in [0.29, 0.717) is 5.69 Å². The maximum Gasteiger partial charge on any atom is 0.148 e. The van der Waals surface area contributed by atoms with Crippen LogP contribution in [0.4, 0.5) is 11.5 Å². The van der Waals surface area contributed by atoms with E-state index < -0.39 is 0 Å². The third kappa shape index (κ3) is 2.54. The third-order valence-electron chi connectivity index (χ3n) is 3.51. The van der Waals surface area contributed by atoms with Crippen molar-refractivity contribution in [2.45, 2.75) is 52.6 Å². The molecule has 0 aliphatic heterocycles. The lowest BCUT2D eigenvalue weighted by Gasteiger charge is -2.32. The number of aromatic nitrogens is 2. The Balaban J connectivity index is 3.08. The van der Waals surface area contributed by atoms with Crippen LogP contribution < -0.4 is 11.1 Å². The summed E-state index contributed by atoms with van der Waals surface area (Å²) in [4.78, 5) is 0. The molecule has 4 N–H and O–H groups in total. The minimum atomic E-state index is -0.312. The van der Waals surface area contributed by atoms with Crippen molar-refractivity contribution in [3.63, 3.8) is 0 Å². The van der Waals surface area contributed by atoms with E-state index in [2.05, 4.69) is 24.3 Å². The first kappa shape index (κ1) is 13.8. The summed E-state index contributed by atoms with van der Waals surface area (Å²) in [6, 6.07) is 0. The predicted molar refractivity (Wildman–Crippen MR) is 71.1 cm³/mol. The predicted octanol–water partition coefficient (Wildman–Crippen LogP) is 1.76. The van der Waals surface area contributed by atoms with Gasteiger partial charge in [0, 0.05) is 6.54 Å². The molecule has 0 aromatic carbocycles. The van der Waals surface area contributed by atoms with Gasteiger partial charge in [0.2, 0.25) is 0 Å². The van der Waals surface area contributed by atoms with Gasteiger partial charge in [0.1, 0.15) is 5.82 Å². The van der Waals surface area contributed by atoms with Crippen molar-refractivity contribution in [2.75, 3.05) is 17.7 Å². The summed E-state index contributed by atoms with van der Waals surface area (Å²) >= 11 is 0. The highest BCUT2D eigenvalue weighted by Crippen LogP contribution is 2.28. The number of rotatable bonds is 6. The Hall–Kier alpha value is -1.23. The van der Waals surface area contributed by atoms with Crippen LogP contribution in [-0.2, 0) is 6.54 Å². The van der Waals surface area contributed by atoms with E-state index in [0.717, 1.165) is 30.9 Å². The molecule has 0 unspecified atom stereocenters. The van der Waals surface area contributed by atoms with Gasteiger partial charge >= 0.3 is 0 Å². The molecule has 0 spiro atoms. The van der Waals surface area contributed by atoms with E-state index >= 15 is 0 Å². The maximum atomic E-state index is 9.57. The zero-order valence-corrected chi connectivity index (χ0v) is 11.2. The van der Waals surface area contributed by atoms with Crippen LogP contribution in [0, 0.1) is 6.92 Å². The molecular weight excluding hydrogens is 216 g/mol. The summed E-state index contributed by atoms with van der Waals surface area (Å²) < 4.78 is 1.85. The van der Waals surface area contributed by atoms with Crippen LogP contribution in [0.1, 0.15) is 39.3 Å². The maximum absolute atomic E-state index is 9.57. The molecule has 17 heavy (non-hydrogen) atoms. The summed E-state index contributed by atoms with van der Waals surface area (Å²) in [6.07, 6.45) is 1.68. The molecule has 0 saturated heterocycles. The van der Waals surface area contributed by atoms with Crippen LogP contribution in [0.2, 0.25) is 0 Å². The molecule has 0 bridgehead atoms. The average molecular weight is 240 g/mol. The summed E-state index contributed by atoms with van der Waals surface area (Å²) in [5.41, 5.74) is 7.21. The van der Waals surface area contributed by atoms with E-state index in [1.54, 1.807) is 0 Å². The zero-order valence-electron chi connectivity index (χ0n) is 11.2. The summed E-state index contributed by atoms with van der Waals surface area (Å²) in [7, 11) is 0. The SMILES string of the molecule is CCn1nc(C)c(N)c1NC(CC)(CC)CO. The van der Waals surface area contributed by atoms with Gasteiger partial charge in [0.25, 0.3) is 0 Å². The van der Waals surface area contributed by atoms with Crippen molar-refractivity contribution in [2.24, 2.45) is 0 Å². The number of nitrogens with zero attached hydrogens (tertiary/aromatic N) is 2. The highest BCUT2D eigenvalue weighted by Gasteiger charge is 2.27. The number of aliphatic hydroxyl groups is 1. The van der Waals surface area contributed by atoms with E-state index in [-0.39, 0.29) is 12.1 Å². The molecule has 0 radical (unpaired) electrons. The number of aryl methyl sites for hydroxylation is 2. The van der Waals surface area contributed by atoms with Crippen molar-refractivity contribution < 1.29 is 5.11 Å². The third-order valence-corrected chi connectivity index (χ3v) is 3.51. The van der Waals surface area contributed by atoms with Crippen molar-refractivity contribution in [1.82, 2.24) is 9.78 Å². The Bertz CT molecular complexity index is 361. The van der Waals surface area contributed by atoms with Crippen LogP contribution in [0.25, 0.3) is 0 Å². The fourth-order valence-corrected chi connectivity index (χ4v) is 1.90. The molecule has 98 valence electrons. The minimum absolute atomic E-state index is 0.0907. The van der Waals surface area contributed by atoms with E-state index in [9.17, 15) is 5.11 Å². The molecular formula is C12H24N4O. The molecule has 0 fully saturated rings. The van der Waals surface area contributed by atoms with Crippen molar-refractivity contribution in [3.05, 3.63) is 5.69 Å². The summed E-state index contributed by atoms with van der Waals surface area (Å²) in [5.74, 6) is 0.822. The lowest BCUT2D eigenvalue weighted by molar-refractivity contribution is 0.201. The second kappa shape index (κ2) is 5.40. The number of hydrogen-bond donors (Lipinski definition) is 3. The number of hydrogen-bond acceptors (Lipinski definition) is 4. The Kier molecular flexibility index (Phi) is 4.40. The topological polar surface area (TPSA) is 76.1 Å². The molecule has 5 heteroatoms. The molecule has 0 aliphatic rings. The van der Waals surface area contributed by atoms with Gasteiger partial charge in [-0.1, -0.05) is 13.8 Å². The van der Waals surface area contributed by atoms with Gasteiger partial charge in [-0.15, -0.1) is 0 Å². The Morgan fingerprint density at radius 2 is 1.94 bits per heavy atom. The fourth-order valence-electron chi connectivity index (χ4n) is 1.90. The fraction of sp³-hybridized carbons (Fsp3) is 0.750. The van der Waals surface area contributed by atoms with Crippen LogP contribution in [0.3, 0.4) is 0 Å². The Labute approximate surface area is 103 Å². The molecule has 1 aromatic rings. The highest BCUT2D eigenvalue weighted by molar-refractivity contribution is 5.65. The number of aliphatic hydroxyl groups excluding tert-OH is 1. The Morgan fingerprint density at radius 1 is 1.35 bits per heavy atom. The van der Waals surface area contributed by atoms with Gasteiger partial charge in [-0.05, 0) is 26.7 Å². The smallest absolute Gasteiger partial charge is 0.148 e. The second-order valence-electron chi connectivity index (χ2n) is 4.43. The molecule has 1 heterocycles. The minimum Gasteiger partial charge on any atom is -0.394 e. The normalized spacial score (nSPS) is 11.8. The Morgan fingerprint density at radius 3 is 2.35 bits per heavy atom. The zero-order chi connectivity index (χ0) is 13.1. The van der Waals surface area contributed by atoms with Gasteiger partial charge in [-0.25, -0.2) is 4.68 Å². The molecule has 0 aliphatic carbocycles. The molecule has 0 atom stereocenters. The first-order chi connectivity index (χ1) is 8.03. The lowest BCUT2D eigenvalue weighted by Crippen LogP contribution is -2.41. The van der Waals surface area contributed by atoms with Gasteiger partial charge in [-0.2, -0.15) is 5.10 Å². The highest BCUT2D eigenvalue weighted by atomic mass is 16.3. The van der Waals surface area contributed by atoms with E-state index in [1.807, 2.05) is 18.5 Å². The first-order valence-electron chi connectivity index (χ1n) is 6.25. The van der Waals surface area contributed by atoms with Crippen LogP contribution in [0.15, 0.2) is 0 Å². The van der Waals surface area contributed by atoms with Gasteiger partial charge in [-0.3, -0.25) is 0 Å². The van der Waals surface area contributed by atoms with Crippen molar-refractivity contribution in [1.29, 1.82) is 0 Å². The number of nitrogen functional groups attached to an aromatic ring is 1. The number of nitrogens with one attached hydrogen (secondary N) is 1. The largest absolute Gasteiger partial charge is 0.394 e. The van der Waals surface area contributed by atoms with Gasteiger partial charge < -0.3 is 16.2 Å². The quantitative estimate of drug-likeness (QED) is 0.708. The second-order valence-corrected chi connectivity index (χ2v) is 4.43. The van der Waals surface area contributed by atoms with Crippen molar-refractivity contribution in [3.8, 4) is 0 Å². The number of anilines is 2. The summed E-state index contributed by atoms with van der Waals surface area (Å²) in [5, 5.41) is 17.3. The van der Waals surface area contributed by atoms with Gasteiger partial charge in [0.15, 0.2) is 0 Å². The van der Waals surface area contributed by atoms with Crippen LogP contribution in [0.5, 0.6) is 0 Å². The lowest BCUT2D eigenvalue weighted by atomic mass is 9.94. The molecule has 5 nitrogen and oxygen atoms in total. The first-order valence-corrected chi connectivity index (χ1v) is 6.25. The molecule has 1 rings (SSSR count). The molecule has 0 amide bonds. The van der Waals surface area contributed by atoms with Crippen LogP contribution in [-0.4, -0.2) is 27.0 Å². The van der Waals surface area contributed by atoms with Gasteiger partial charge in [0.05, 0.1) is 23.5 Å². The number of nitrogens with two attached hydrogens (primary N) is 1. The summed E-state index contributed by atoms with van der Waals surface area (Å²) in [6.45, 7) is 8.88. The molecule has 1 aromatic heterocycles. The molecule has 0 saturated carbocycles. The van der Waals surface area contributed by atoms with E-state index in [4.69, 9.17) is 5.73 Å². The van der Waals surface area contributed by atoms with Crippen molar-refractivity contribution >= 4 is 11.5 Å². The van der Waals surface area contributed by atoms with Crippen LogP contribution >= 0.6 is 0 Å². The average Bonchev–Trinajstić information content (AvgIpc) is 2.63. The standard InChI is InChI=1S/C12H24N4O/c1-5-12(6-2,8-17)14-11-10(13)9(4)15-16(11)7-3/h14,17H,5-8,13H2,1-4H3. The monoisotopic (exact) mass is 240 g/mol. The van der Waals surface area contributed by atoms with E-state index in [1.165, 1.54) is 0 Å².